The van der Waals surface area contributed by atoms with Crippen LogP contribution in [0.3, 0.4) is 0 Å². The number of carbonyl (C=O) groups excluding carboxylic acids is 1. The molecule has 3 heterocycles. The van der Waals surface area contributed by atoms with Crippen LogP contribution in [0.1, 0.15) is 48.5 Å². The Balaban J connectivity index is 1.62. The predicted octanol–water partition coefficient (Wildman–Crippen LogP) is 3.34. The summed E-state index contributed by atoms with van der Waals surface area (Å²) in [5, 5.41) is 0.778. The van der Waals surface area contributed by atoms with E-state index in [2.05, 4.69) is 23.7 Å². The number of anilines is 1. The molecular weight excluding hydrogens is 382 g/mol. The Hall–Kier alpha value is -2.77. The lowest BCUT2D eigenvalue weighted by molar-refractivity contribution is 0.0371. The highest BCUT2D eigenvalue weighted by molar-refractivity contribution is 6.03. The third-order valence-electron chi connectivity index (χ3n) is 5.67. The van der Waals surface area contributed by atoms with Crippen molar-refractivity contribution in [1.82, 2.24) is 9.88 Å². The molecule has 2 N–H and O–H groups in total. The van der Waals surface area contributed by atoms with Crippen molar-refractivity contribution < 1.29 is 13.9 Å². The third-order valence-corrected chi connectivity index (χ3v) is 5.67. The summed E-state index contributed by atoms with van der Waals surface area (Å²) in [6, 6.07) is 7.12. The van der Waals surface area contributed by atoms with Crippen LogP contribution in [0, 0.1) is 0 Å². The maximum Gasteiger partial charge on any atom is 0.232 e. The van der Waals surface area contributed by atoms with E-state index in [1.54, 1.807) is 12.1 Å². The van der Waals surface area contributed by atoms with E-state index in [0.717, 1.165) is 44.8 Å². The van der Waals surface area contributed by atoms with E-state index < -0.39 is 0 Å². The average molecular weight is 409 g/mol. The zero-order chi connectivity index (χ0) is 21.3. The molecule has 7 nitrogen and oxygen atoms in total. The largest absolute Gasteiger partial charge is 0.437 e. The molecule has 4 rings (SSSR count). The summed E-state index contributed by atoms with van der Waals surface area (Å²) in [6.07, 6.45) is 1.07. The minimum atomic E-state index is -0.191. The van der Waals surface area contributed by atoms with E-state index in [1.165, 1.54) is 0 Å². The lowest BCUT2D eigenvalue weighted by Crippen LogP contribution is -2.36. The normalized spacial score (nSPS) is 15.3. The van der Waals surface area contributed by atoms with Crippen LogP contribution in [0.4, 0.5) is 5.82 Å². The van der Waals surface area contributed by atoms with Gasteiger partial charge in [-0.05, 0) is 42.6 Å². The first-order chi connectivity index (χ1) is 14.4. The molecule has 0 bridgehead atoms. The maximum absolute atomic E-state index is 13.1. The Labute approximate surface area is 174 Å². The number of hydrogen-bond acceptors (Lipinski definition) is 7. The molecule has 1 saturated heterocycles. The van der Waals surface area contributed by atoms with Crippen LogP contribution in [0.5, 0.6) is 0 Å². The molecule has 1 aliphatic rings. The minimum Gasteiger partial charge on any atom is -0.437 e. The minimum absolute atomic E-state index is 0.0974. The monoisotopic (exact) mass is 409 g/mol. The number of ether oxygens (including phenoxy) is 1. The fourth-order valence-corrected chi connectivity index (χ4v) is 3.82. The number of morpholine rings is 1. The Kier molecular flexibility index (Phi) is 5.83. The Morgan fingerprint density at radius 3 is 2.70 bits per heavy atom. The summed E-state index contributed by atoms with van der Waals surface area (Å²) in [5.41, 5.74) is 7.81. The van der Waals surface area contributed by atoms with E-state index in [0.29, 0.717) is 17.4 Å². The maximum atomic E-state index is 13.1. The van der Waals surface area contributed by atoms with Crippen molar-refractivity contribution in [3.63, 3.8) is 0 Å². The topological polar surface area (TPSA) is 98.7 Å². The highest BCUT2D eigenvalue weighted by Crippen LogP contribution is 2.24. The molecule has 0 amide bonds. The van der Waals surface area contributed by atoms with Crippen LogP contribution in [-0.2, 0) is 4.74 Å². The molecule has 0 spiro atoms. The number of pyridine rings is 1. The van der Waals surface area contributed by atoms with Crippen LogP contribution >= 0.6 is 0 Å². The van der Waals surface area contributed by atoms with Gasteiger partial charge in [-0.3, -0.25) is 14.5 Å². The van der Waals surface area contributed by atoms with Gasteiger partial charge in [0.25, 0.3) is 0 Å². The van der Waals surface area contributed by atoms with Gasteiger partial charge in [-0.15, -0.1) is 0 Å². The van der Waals surface area contributed by atoms with E-state index in [1.807, 2.05) is 12.1 Å². The van der Waals surface area contributed by atoms with Gasteiger partial charge in [0, 0.05) is 19.5 Å². The van der Waals surface area contributed by atoms with Crippen LogP contribution in [-0.4, -0.2) is 48.5 Å². The Bertz CT molecular complexity index is 1150. The number of carbonyl (C=O) groups is 1. The van der Waals surface area contributed by atoms with Gasteiger partial charge in [0.05, 0.1) is 29.5 Å². The molecule has 0 aliphatic carbocycles. The quantitative estimate of drug-likeness (QED) is 0.492. The Morgan fingerprint density at radius 1 is 1.20 bits per heavy atom. The van der Waals surface area contributed by atoms with Crippen molar-refractivity contribution in [3.05, 3.63) is 45.6 Å². The zero-order valence-electron chi connectivity index (χ0n) is 17.4. The van der Waals surface area contributed by atoms with E-state index in [-0.39, 0.29) is 39.6 Å². The van der Waals surface area contributed by atoms with Crippen molar-refractivity contribution >= 4 is 33.7 Å². The number of rotatable bonds is 6. The highest BCUT2D eigenvalue weighted by atomic mass is 16.5. The second-order valence-electron chi connectivity index (χ2n) is 8.10. The number of hydrogen-bond donors (Lipinski definition) is 1. The van der Waals surface area contributed by atoms with E-state index >= 15 is 0 Å². The fourth-order valence-electron chi connectivity index (χ4n) is 3.82. The number of fused-ring (bicyclic) bond motifs is 2. The second kappa shape index (κ2) is 8.53. The second-order valence-corrected chi connectivity index (χ2v) is 8.10. The lowest BCUT2D eigenvalue weighted by atomic mass is 10.0. The van der Waals surface area contributed by atoms with Crippen molar-refractivity contribution in [2.45, 2.75) is 32.6 Å². The van der Waals surface area contributed by atoms with Crippen LogP contribution < -0.4 is 11.2 Å². The van der Waals surface area contributed by atoms with E-state index in [9.17, 15) is 9.59 Å². The van der Waals surface area contributed by atoms with Crippen molar-refractivity contribution in [1.29, 1.82) is 0 Å². The number of nitrogens with two attached hydrogens (primary N) is 1. The zero-order valence-corrected chi connectivity index (χ0v) is 17.4. The standard InChI is InChI=1S/C23H27N3O4/c1-14(2)15-5-6-20-17(12-15)21(28)18-13-16(22(24)25-23(18)30-20)19(27)4-3-7-26-8-10-29-11-9-26/h5-6,12-14H,3-4,7-11H2,1-2H3,(H2,24,25). The van der Waals surface area contributed by atoms with E-state index in [4.69, 9.17) is 14.9 Å². The van der Waals surface area contributed by atoms with Gasteiger partial charge in [-0.2, -0.15) is 4.98 Å². The molecule has 1 aromatic carbocycles. The van der Waals surface area contributed by atoms with Gasteiger partial charge >= 0.3 is 0 Å². The van der Waals surface area contributed by atoms with Crippen molar-refractivity contribution in [2.24, 2.45) is 0 Å². The van der Waals surface area contributed by atoms with Crippen LogP contribution in [0.15, 0.2) is 33.5 Å². The van der Waals surface area contributed by atoms with Gasteiger partial charge in [-0.1, -0.05) is 19.9 Å². The summed E-state index contributed by atoms with van der Waals surface area (Å²) >= 11 is 0. The Morgan fingerprint density at radius 2 is 1.97 bits per heavy atom. The molecule has 30 heavy (non-hydrogen) atoms. The molecule has 2 aromatic heterocycles. The first-order valence-electron chi connectivity index (χ1n) is 10.4. The van der Waals surface area contributed by atoms with Crippen LogP contribution in [0.25, 0.3) is 22.1 Å². The lowest BCUT2D eigenvalue weighted by Gasteiger charge is -2.26. The summed E-state index contributed by atoms with van der Waals surface area (Å²) < 4.78 is 11.2. The number of nitrogen functional groups attached to an aromatic ring is 1. The fraction of sp³-hybridized carbons (Fsp3) is 0.435. The number of benzene rings is 1. The summed E-state index contributed by atoms with van der Waals surface area (Å²) in [5.74, 6) is 0.281. The first kappa shape index (κ1) is 20.5. The molecule has 1 fully saturated rings. The van der Waals surface area contributed by atoms with Gasteiger partial charge in [0.2, 0.25) is 11.1 Å². The van der Waals surface area contributed by atoms with Gasteiger partial charge in [0.15, 0.2) is 5.78 Å². The first-order valence-corrected chi connectivity index (χ1v) is 10.4. The van der Waals surface area contributed by atoms with Crippen molar-refractivity contribution in [3.8, 4) is 0 Å². The van der Waals surface area contributed by atoms with Crippen LogP contribution in [0.2, 0.25) is 0 Å². The number of aromatic nitrogens is 1. The SMILES string of the molecule is CC(C)c1ccc2oc3nc(N)c(C(=O)CCCN4CCOCC4)cc3c(=O)c2c1. The average Bonchev–Trinajstić information content (AvgIpc) is 2.74. The molecule has 158 valence electrons. The molecule has 0 radical (unpaired) electrons. The molecule has 0 atom stereocenters. The molecule has 0 saturated carbocycles. The summed E-state index contributed by atoms with van der Waals surface area (Å²) in [6.45, 7) is 8.22. The molecule has 7 heteroatoms. The molecule has 0 unspecified atom stereocenters. The summed E-state index contributed by atoms with van der Waals surface area (Å²) in [4.78, 5) is 32.4. The molecule has 1 aliphatic heterocycles. The number of nitrogens with zero attached hydrogens (tertiary/aromatic N) is 2. The van der Waals surface area contributed by atoms with Gasteiger partial charge < -0.3 is 14.9 Å². The number of Topliss-reactive ketones (excluding diaryl/α,β-unsaturated/α-hetero) is 1. The van der Waals surface area contributed by atoms with Gasteiger partial charge in [0.1, 0.15) is 11.4 Å². The smallest absolute Gasteiger partial charge is 0.232 e. The molecular formula is C23H27N3O4. The number of ketones is 1. The third kappa shape index (κ3) is 4.08. The van der Waals surface area contributed by atoms with Gasteiger partial charge in [-0.25, -0.2) is 0 Å². The molecule has 3 aromatic rings. The summed E-state index contributed by atoms with van der Waals surface area (Å²) in [7, 11) is 0. The van der Waals surface area contributed by atoms with Crippen molar-refractivity contribution in [2.75, 3.05) is 38.6 Å². The highest BCUT2D eigenvalue weighted by Gasteiger charge is 2.18. The predicted molar refractivity (Wildman–Crippen MR) is 117 cm³/mol.